The molecule has 0 aliphatic carbocycles. The summed E-state index contributed by atoms with van der Waals surface area (Å²) < 4.78 is 0. The van der Waals surface area contributed by atoms with Crippen molar-refractivity contribution < 1.29 is 0 Å². The maximum absolute atomic E-state index is 4.52. The number of thiol groups is 1. The van der Waals surface area contributed by atoms with E-state index in [1.54, 1.807) is 0 Å². The normalized spacial score (nSPS) is 25.2. The minimum atomic E-state index is 0.483. The van der Waals surface area contributed by atoms with Crippen molar-refractivity contribution in [2.75, 3.05) is 25.4 Å². The minimum Gasteiger partial charge on any atom is -0.303 e. The first-order valence-corrected chi connectivity index (χ1v) is 8.31. The summed E-state index contributed by atoms with van der Waals surface area (Å²) >= 11 is 4.52. The summed E-state index contributed by atoms with van der Waals surface area (Å²) in [5.74, 6) is 3.43. The van der Waals surface area contributed by atoms with E-state index in [1.807, 2.05) is 0 Å². The van der Waals surface area contributed by atoms with Crippen molar-refractivity contribution in [2.24, 2.45) is 23.2 Å². The number of likely N-dealkylation sites (tertiary alicyclic amines) is 1. The lowest BCUT2D eigenvalue weighted by atomic mass is 9.77. The maximum atomic E-state index is 4.52. The molecule has 18 heavy (non-hydrogen) atoms. The molecule has 108 valence electrons. The van der Waals surface area contributed by atoms with Gasteiger partial charge in [-0.25, -0.2) is 0 Å². The fourth-order valence-corrected chi connectivity index (χ4v) is 3.55. The number of rotatable bonds is 4. The largest absolute Gasteiger partial charge is 0.303 e. The summed E-state index contributed by atoms with van der Waals surface area (Å²) in [6, 6.07) is 0. The highest BCUT2D eigenvalue weighted by atomic mass is 32.1. The highest BCUT2D eigenvalue weighted by Crippen LogP contribution is 2.34. The summed E-state index contributed by atoms with van der Waals surface area (Å²) in [4.78, 5) is 2.69. The van der Waals surface area contributed by atoms with Gasteiger partial charge >= 0.3 is 0 Å². The van der Waals surface area contributed by atoms with Crippen LogP contribution in [0.3, 0.4) is 0 Å². The monoisotopic (exact) mass is 271 g/mol. The predicted molar refractivity (Wildman–Crippen MR) is 85.4 cm³/mol. The highest BCUT2D eigenvalue weighted by Gasteiger charge is 2.27. The molecule has 0 aromatic heterocycles. The first-order chi connectivity index (χ1) is 8.34. The highest BCUT2D eigenvalue weighted by molar-refractivity contribution is 7.80. The Morgan fingerprint density at radius 3 is 2.33 bits per heavy atom. The molecule has 0 aromatic rings. The van der Waals surface area contributed by atoms with Gasteiger partial charge in [0.25, 0.3) is 0 Å². The summed E-state index contributed by atoms with van der Waals surface area (Å²) in [6.45, 7) is 15.7. The summed E-state index contributed by atoms with van der Waals surface area (Å²) in [5.41, 5.74) is 0.483. The quantitative estimate of drug-likeness (QED) is 0.745. The van der Waals surface area contributed by atoms with Crippen molar-refractivity contribution in [3.8, 4) is 0 Å². The van der Waals surface area contributed by atoms with E-state index in [1.165, 1.54) is 38.9 Å². The Balaban J connectivity index is 2.47. The van der Waals surface area contributed by atoms with Crippen LogP contribution in [0.25, 0.3) is 0 Å². The van der Waals surface area contributed by atoms with Crippen LogP contribution < -0.4 is 0 Å². The Morgan fingerprint density at radius 1 is 1.17 bits per heavy atom. The Kier molecular flexibility index (Phi) is 6.54. The van der Waals surface area contributed by atoms with Gasteiger partial charge in [0, 0.05) is 6.54 Å². The standard InChI is InChI=1S/C16H33NS/c1-13(2)14(12-18)11-17-9-6-7-15(8-10-17)16(3,4)5/h13-15,18H,6-12H2,1-5H3. The van der Waals surface area contributed by atoms with Crippen LogP contribution in [0.5, 0.6) is 0 Å². The average Bonchev–Trinajstić information content (AvgIpc) is 2.49. The Bertz CT molecular complexity index is 232. The Hall–Kier alpha value is 0.310. The van der Waals surface area contributed by atoms with Crippen LogP contribution in [-0.2, 0) is 0 Å². The molecule has 0 saturated carbocycles. The second-order valence-corrected chi connectivity index (χ2v) is 7.85. The summed E-state index contributed by atoms with van der Waals surface area (Å²) in [5, 5.41) is 0. The molecule has 1 rings (SSSR count). The Morgan fingerprint density at radius 2 is 1.83 bits per heavy atom. The second-order valence-electron chi connectivity index (χ2n) is 7.48. The molecule has 0 aromatic carbocycles. The van der Waals surface area contributed by atoms with Gasteiger partial charge in [-0.05, 0) is 61.3 Å². The van der Waals surface area contributed by atoms with Crippen LogP contribution in [0.4, 0.5) is 0 Å². The van der Waals surface area contributed by atoms with E-state index >= 15 is 0 Å². The molecule has 0 radical (unpaired) electrons. The SMILES string of the molecule is CC(C)C(CS)CN1CCCC(C(C)(C)C)CC1. The van der Waals surface area contributed by atoms with Gasteiger partial charge in [0.1, 0.15) is 0 Å². The van der Waals surface area contributed by atoms with Gasteiger partial charge in [0.2, 0.25) is 0 Å². The van der Waals surface area contributed by atoms with E-state index in [2.05, 4.69) is 52.1 Å². The molecular weight excluding hydrogens is 238 g/mol. The zero-order valence-electron chi connectivity index (χ0n) is 13.1. The molecule has 0 amide bonds. The number of hydrogen-bond acceptors (Lipinski definition) is 2. The predicted octanol–water partition coefficient (Wildman–Crippen LogP) is 4.34. The lowest BCUT2D eigenvalue weighted by Crippen LogP contribution is -2.33. The topological polar surface area (TPSA) is 3.24 Å². The van der Waals surface area contributed by atoms with Crippen molar-refractivity contribution in [3.63, 3.8) is 0 Å². The zero-order chi connectivity index (χ0) is 13.8. The maximum Gasteiger partial charge on any atom is 0.00199 e. The lowest BCUT2D eigenvalue weighted by Gasteiger charge is -2.30. The van der Waals surface area contributed by atoms with Gasteiger partial charge in [-0.3, -0.25) is 0 Å². The molecular formula is C16H33NS. The Labute approximate surface area is 120 Å². The molecule has 2 heteroatoms. The van der Waals surface area contributed by atoms with Crippen molar-refractivity contribution >= 4 is 12.6 Å². The first kappa shape index (κ1) is 16.4. The van der Waals surface area contributed by atoms with E-state index in [4.69, 9.17) is 0 Å². The molecule has 1 heterocycles. The summed E-state index contributed by atoms with van der Waals surface area (Å²) in [7, 11) is 0. The van der Waals surface area contributed by atoms with Crippen molar-refractivity contribution in [3.05, 3.63) is 0 Å². The number of hydrogen-bond donors (Lipinski definition) is 1. The van der Waals surface area contributed by atoms with E-state index in [-0.39, 0.29) is 0 Å². The fourth-order valence-electron chi connectivity index (χ4n) is 3.02. The van der Waals surface area contributed by atoms with Crippen LogP contribution in [0.1, 0.15) is 53.9 Å². The molecule has 1 aliphatic heterocycles. The molecule has 0 spiro atoms. The van der Waals surface area contributed by atoms with Gasteiger partial charge in [-0.2, -0.15) is 12.6 Å². The van der Waals surface area contributed by atoms with Crippen molar-refractivity contribution in [1.29, 1.82) is 0 Å². The van der Waals surface area contributed by atoms with E-state index < -0.39 is 0 Å². The molecule has 1 nitrogen and oxygen atoms in total. The van der Waals surface area contributed by atoms with Crippen LogP contribution in [0.15, 0.2) is 0 Å². The smallest absolute Gasteiger partial charge is 0.00199 e. The molecule has 1 saturated heterocycles. The van der Waals surface area contributed by atoms with E-state index in [0.717, 1.165) is 23.5 Å². The van der Waals surface area contributed by atoms with Gasteiger partial charge < -0.3 is 4.90 Å². The third-order valence-electron chi connectivity index (χ3n) is 4.72. The van der Waals surface area contributed by atoms with Gasteiger partial charge in [-0.1, -0.05) is 34.6 Å². The average molecular weight is 272 g/mol. The van der Waals surface area contributed by atoms with Gasteiger partial charge in [-0.15, -0.1) is 0 Å². The third-order valence-corrected chi connectivity index (χ3v) is 5.18. The second kappa shape index (κ2) is 7.19. The summed E-state index contributed by atoms with van der Waals surface area (Å²) in [6.07, 6.45) is 4.16. The number of nitrogens with zero attached hydrogens (tertiary/aromatic N) is 1. The van der Waals surface area contributed by atoms with Crippen LogP contribution in [0.2, 0.25) is 0 Å². The molecule has 0 bridgehead atoms. The van der Waals surface area contributed by atoms with Crippen molar-refractivity contribution in [2.45, 2.75) is 53.9 Å². The molecule has 1 aliphatic rings. The van der Waals surface area contributed by atoms with E-state index in [9.17, 15) is 0 Å². The first-order valence-electron chi connectivity index (χ1n) is 7.67. The van der Waals surface area contributed by atoms with Gasteiger partial charge in [0.05, 0.1) is 0 Å². The molecule has 0 N–H and O–H groups in total. The molecule has 2 atom stereocenters. The van der Waals surface area contributed by atoms with Crippen LogP contribution in [-0.4, -0.2) is 30.3 Å². The van der Waals surface area contributed by atoms with Crippen LogP contribution in [0, 0.1) is 23.2 Å². The van der Waals surface area contributed by atoms with Crippen molar-refractivity contribution in [1.82, 2.24) is 4.90 Å². The zero-order valence-corrected chi connectivity index (χ0v) is 14.0. The molecule has 2 unspecified atom stereocenters. The van der Waals surface area contributed by atoms with Crippen LogP contribution >= 0.6 is 12.6 Å². The third kappa shape index (κ3) is 5.13. The van der Waals surface area contributed by atoms with E-state index in [0.29, 0.717) is 5.41 Å². The minimum absolute atomic E-state index is 0.483. The molecule has 1 fully saturated rings. The fraction of sp³-hybridized carbons (Fsp3) is 1.00. The van der Waals surface area contributed by atoms with Gasteiger partial charge in [0.15, 0.2) is 0 Å². The lowest BCUT2D eigenvalue weighted by molar-refractivity contribution is 0.193.